The van der Waals surface area contributed by atoms with Crippen molar-refractivity contribution in [3.63, 3.8) is 0 Å². The van der Waals surface area contributed by atoms with Gasteiger partial charge in [0.2, 0.25) is 5.91 Å². The Morgan fingerprint density at radius 2 is 1.34 bits per heavy atom. The summed E-state index contributed by atoms with van der Waals surface area (Å²) in [7, 11) is 0. The summed E-state index contributed by atoms with van der Waals surface area (Å²) in [6, 6.07) is 25.6. The molecule has 0 aliphatic carbocycles. The molecule has 4 heteroatoms. The lowest BCUT2D eigenvalue weighted by atomic mass is 10.1. The summed E-state index contributed by atoms with van der Waals surface area (Å²) in [4.78, 5) is 15.4. The lowest BCUT2D eigenvalue weighted by molar-refractivity contribution is -0.114. The summed E-state index contributed by atoms with van der Waals surface area (Å²) in [6.45, 7) is 1.48. The van der Waals surface area contributed by atoms with Crippen LogP contribution in [0, 0.1) is 0 Å². The van der Waals surface area contributed by atoms with Crippen molar-refractivity contribution in [2.24, 2.45) is 10.7 Å². The van der Waals surface area contributed by atoms with Crippen LogP contribution in [0.15, 0.2) is 90.1 Å². The van der Waals surface area contributed by atoms with Crippen LogP contribution in [0.5, 0.6) is 0 Å². The number of carbonyl (C=O) groups excluding carboxylic acids is 1. The van der Waals surface area contributed by atoms with Gasteiger partial charge in [-0.2, -0.15) is 0 Å². The van der Waals surface area contributed by atoms with Gasteiger partial charge >= 0.3 is 0 Å². The standard InChI is InChI=1S/C25H23N3O/c1-19(29)28-24-15-11-22(12-16-24)17-18-27-25(26)23-13-9-21(10-14-23)8-7-20-5-3-2-4-6-20/h2-18H,1H3,(H2,26,27)(H,28,29)/b8-7+,18-17+. The van der Waals surface area contributed by atoms with Crippen LogP contribution in [0.25, 0.3) is 18.2 Å². The van der Waals surface area contributed by atoms with Gasteiger partial charge in [0.1, 0.15) is 5.84 Å². The van der Waals surface area contributed by atoms with Crippen molar-refractivity contribution in [1.82, 2.24) is 0 Å². The number of aliphatic imine (C=N–C) groups is 1. The Morgan fingerprint density at radius 1 is 0.793 bits per heavy atom. The average Bonchev–Trinajstić information content (AvgIpc) is 2.74. The van der Waals surface area contributed by atoms with Gasteiger partial charge in [-0.1, -0.05) is 78.9 Å². The van der Waals surface area contributed by atoms with Crippen LogP contribution < -0.4 is 11.1 Å². The van der Waals surface area contributed by atoms with E-state index in [1.54, 1.807) is 6.20 Å². The molecule has 0 aliphatic heterocycles. The molecule has 29 heavy (non-hydrogen) atoms. The molecular formula is C25H23N3O. The largest absolute Gasteiger partial charge is 0.383 e. The minimum absolute atomic E-state index is 0.0905. The van der Waals surface area contributed by atoms with E-state index in [0.29, 0.717) is 5.84 Å². The molecule has 0 heterocycles. The first kappa shape index (κ1) is 19.8. The second-order valence-corrected chi connectivity index (χ2v) is 6.50. The molecule has 3 aromatic rings. The molecule has 0 bridgehead atoms. The van der Waals surface area contributed by atoms with E-state index in [1.165, 1.54) is 6.92 Å². The zero-order chi connectivity index (χ0) is 20.5. The Labute approximate surface area is 171 Å². The van der Waals surface area contributed by atoms with Crippen molar-refractivity contribution in [3.05, 3.63) is 107 Å². The Morgan fingerprint density at radius 3 is 1.97 bits per heavy atom. The molecular weight excluding hydrogens is 358 g/mol. The number of anilines is 1. The maximum Gasteiger partial charge on any atom is 0.221 e. The molecule has 144 valence electrons. The summed E-state index contributed by atoms with van der Waals surface area (Å²) in [5, 5.41) is 2.74. The van der Waals surface area contributed by atoms with E-state index in [-0.39, 0.29) is 5.91 Å². The number of nitrogens with two attached hydrogens (primary N) is 1. The van der Waals surface area contributed by atoms with Gasteiger partial charge in [0.25, 0.3) is 0 Å². The Balaban J connectivity index is 1.61. The number of amidine groups is 1. The molecule has 0 aromatic heterocycles. The highest BCUT2D eigenvalue weighted by molar-refractivity contribution is 5.98. The van der Waals surface area contributed by atoms with Crippen LogP contribution in [-0.4, -0.2) is 11.7 Å². The second kappa shape index (κ2) is 9.85. The van der Waals surface area contributed by atoms with Crippen LogP contribution in [0.4, 0.5) is 5.69 Å². The molecule has 0 saturated carbocycles. The molecule has 1 amide bonds. The van der Waals surface area contributed by atoms with E-state index in [9.17, 15) is 4.79 Å². The number of carbonyl (C=O) groups is 1. The van der Waals surface area contributed by atoms with Crippen molar-refractivity contribution >= 4 is 35.7 Å². The first-order valence-electron chi connectivity index (χ1n) is 9.31. The Hall–Kier alpha value is -3.92. The van der Waals surface area contributed by atoms with E-state index in [4.69, 9.17) is 5.73 Å². The van der Waals surface area contributed by atoms with Gasteiger partial charge in [-0.15, -0.1) is 0 Å². The van der Waals surface area contributed by atoms with Gasteiger partial charge in [-0.3, -0.25) is 4.79 Å². The van der Waals surface area contributed by atoms with Crippen molar-refractivity contribution in [1.29, 1.82) is 0 Å². The van der Waals surface area contributed by atoms with E-state index < -0.39 is 0 Å². The van der Waals surface area contributed by atoms with E-state index in [1.807, 2.05) is 72.8 Å². The molecule has 0 aliphatic rings. The zero-order valence-electron chi connectivity index (χ0n) is 16.2. The molecule has 3 rings (SSSR count). The van der Waals surface area contributed by atoms with Crippen molar-refractivity contribution in [2.75, 3.05) is 5.32 Å². The molecule has 0 saturated heterocycles. The van der Waals surface area contributed by atoms with Gasteiger partial charge in [0.15, 0.2) is 0 Å². The van der Waals surface area contributed by atoms with Crippen molar-refractivity contribution in [2.45, 2.75) is 6.92 Å². The highest BCUT2D eigenvalue weighted by Crippen LogP contribution is 2.12. The number of hydrogen-bond acceptors (Lipinski definition) is 2. The van der Waals surface area contributed by atoms with Crippen LogP contribution in [0.3, 0.4) is 0 Å². The first-order valence-corrected chi connectivity index (χ1v) is 9.31. The van der Waals surface area contributed by atoms with Gasteiger partial charge < -0.3 is 11.1 Å². The summed E-state index contributed by atoms with van der Waals surface area (Å²) < 4.78 is 0. The third-order valence-corrected chi connectivity index (χ3v) is 4.19. The predicted molar refractivity (Wildman–Crippen MR) is 122 cm³/mol. The van der Waals surface area contributed by atoms with Crippen LogP contribution in [0.1, 0.15) is 29.2 Å². The van der Waals surface area contributed by atoms with Gasteiger partial charge in [-0.05, 0) is 34.9 Å². The van der Waals surface area contributed by atoms with E-state index in [0.717, 1.165) is 27.9 Å². The highest BCUT2D eigenvalue weighted by Gasteiger charge is 1.97. The average molecular weight is 381 g/mol. The fraction of sp³-hybridized carbons (Fsp3) is 0.0400. The highest BCUT2D eigenvalue weighted by atomic mass is 16.1. The third kappa shape index (κ3) is 6.33. The molecule has 4 nitrogen and oxygen atoms in total. The van der Waals surface area contributed by atoms with Crippen molar-refractivity contribution < 1.29 is 4.79 Å². The molecule has 0 radical (unpaired) electrons. The summed E-state index contributed by atoms with van der Waals surface area (Å²) in [6.07, 6.45) is 7.68. The Kier molecular flexibility index (Phi) is 6.74. The topological polar surface area (TPSA) is 67.5 Å². The molecule has 0 atom stereocenters. The quantitative estimate of drug-likeness (QED) is 0.350. The molecule has 0 spiro atoms. The van der Waals surface area contributed by atoms with Gasteiger partial charge in [0.05, 0.1) is 0 Å². The zero-order valence-corrected chi connectivity index (χ0v) is 16.2. The molecule has 0 unspecified atom stereocenters. The number of amides is 1. The monoisotopic (exact) mass is 381 g/mol. The van der Waals surface area contributed by atoms with Gasteiger partial charge in [0, 0.05) is 24.4 Å². The minimum atomic E-state index is -0.0905. The van der Waals surface area contributed by atoms with Gasteiger partial charge in [-0.25, -0.2) is 4.99 Å². The number of benzene rings is 3. The fourth-order valence-electron chi connectivity index (χ4n) is 2.68. The summed E-state index contributed by atoms with van der Waals surface area (Å²) >= 11 is 0. The number of hydrogen-bond donors (Lipinski definition) is 2. The maximum atomic E-state index is 11.0. The summed E-state index contributed by atoms with van der Waals surface area (Å²) in [5.74, 6) is 0.363. The van der Waals surface area contributed by atoms with E-state index >= 15 is 0 Å². The van der Waals surface area contributed by atoms with Crippen LogP contribution >= 0.6 is 0 Å². The van der Waals surface area contributed by atoms with Crippen molar-refractivity contribution in [3.8, 4) is 0 Å². The number of rotatable bonds is 6. The lowest BCUT2D eigenvalue weighted by Crippen LogP contribution is -2.12. The minimum Gasteiger partial charge on any atom is -0.383 e. The number of nitrogens with zero attached hydrogens (tertiary/aromatic N) is 1. The van der Waals surface area contributed by atoms with Crippen LogP contribution in [0.2, 0.25) is 0 Å². The number of nitrogens with one attached hydrogen (secondary N) is 1. The SMILES string of the molecule is CC(=O)Nc1ccc(/C=C/N=C(N)c2ccc(/C=C/c3ccccc3)cc2)cc1. The predicted octanol–water partition coefficient (Wildman–Crippen LogP) is 5.19. The molecule has 3 N–H and O–H groups in total. The van der Waals surface area contributed by atoms with Crippen LogP contribution in [-0.2, 0) is 4.79 Å². The second-order valence-electron chi connectivity index (χ2n) is 6.50. The molecule has 0 fully saturated rings. The third-order valence-electron chi connectivity index (χ3n) is 4.19. The maximum absolute atomic E-state index is 11.0. The normalized spacial score (nSPS) is 11.8. The Bertz CT molecular complexity index is 1030. The smallest absolute Gasteiger partial charge is 0.221 e. The first-order chi connectivity index (χ1) is 14.1. The summed E-state index contributed by atoms with van der Waals surface area (Å²) in [5.41, 5.74) is 10.9. The molecule has 3 aromatic carbocycles. The van der Waals surface area contributed by atoms with E-state index in [2.05, 4.69) is 34.6 Å². The lowest BCUT2D eigenvalue weighted by Gasteiger charge is -2.02. The fourth-order valence-corrected chi connectivity index (χ4v) is 2.68.